The van der Waals surface area contributed by atoms with Gasteiger partial charge in [-0.3, -0.25) is 4.79 Å². The molecule has 0 aromatic carbocycles. The van der Waals surface area contributed by atoms with E-state index in [1.165, 1.54) is 0 Å². The van der Waals surface area contributed by atoms with Crippen molar-refractivity contribution in [1.29, 1.82) is 0 Å². The zero-order chi connectivity index (χ0) is 18.4. The van der Waals surface area contributed by atoms with E-state index in [-0.39, 0.29) is 23.7 Å². The predicted molar refractivity (Wildman–Crippen MR) is 91.5 cm³/mol. The predicted octanol–water partition coefficient (Wildman–Crippen LogP) is 1.04. The van der Waals surface area contributed by atoms with Gasteiger partial charge in [0, 0.05) is 18.4 Å². The number of ketones is 1. The first kappa shape index (κ1) is 17.7. The normalized spacial score (nSPS) is 58.0. The summed E-state index contributed by atoms with van der Waals surface area (Å²) in [6, 6.07) is 0. The van der Waals surface area contributed by atoms with Crippen molar-refractivity contribution < 1.29 is 25.2 Å². The van der Waals surface area contributed by atoms with Crippen molar-refractivity contribution in [2.45, 2.75) is 64.3 Å². The molecule has 4 saturated carbocycles. The van der Waals surface area contributed by atoms with Crippen LogP contribution in [0.3, 0.4) is 0 Å². The number of carbonyl (C=O) groups excluding carboxylic acids is 1. The van der Waals surface area contributed by atoms with Crippen molar-refractivity contribution >= 4 is 5.78 Å². The minimum Gasteiger partial charge on any atom is -0.396 e. The van der Waals surface area contributed by atoms with Gasteiger partial charge in [0.25, 0.3) is 0 Å². The average molecular weight is 350 g/mol. The molecule has 6 unspecified atom stereocenters. The SMILES string of the molecule is C=C1C(=O)C23C(O)C[C@@H]4C(C)(CO)CCCC4(C)[C@@H]2[C@@H](O)CC1C3O. The fourth-order valence-corrected chi connectivity index (χ4v) is 7.51. The van der Waals surface area contributed by atoms with E-state index >= 15 is 0 Å². The molecule has 0 amide bonds. The number of rotatable bonds is 1. The molecule has 4 N–H and O–H groups in total. The molecule has 0 heterocycles. The molecule has 0 aliphatic heterocycles. The molecule has 5 nitrogen and oxygen atoms in total. The number of hydrogen-bond acceptors (Lipinski definition) is 5. The van der Waals surface area contributed by atoms with Gasteiger partial charge in [-0.15, -0.1) is 0 Å². The van der Waals surface area contributed by atoms with Crippen LogP contribution in [0.2, 0.25) is 0 Å². The molecule has 0 saturated heterocycles. The van der Waals surface area contributed by atoms with Crippen LogP contribution in [-0.4, -0.2) is 51.1 Å². The number of Topliss-reactive ketones (excluding diaryl/α,β-unsaturated/α-hetero) is 1. The molecular weight excluding hydrogens is 320 g/mol. The molecule has 0 radical (unpaired) electrons. The Bertz CT molecular complexity index is 632. The van der Waals surface area contributed by atoms with Crippen LogP contribution < -0.4 is 0 Å². The van der Waals surface area contributed by atoms with Crippen LogP contribution in [0.15, 0.2) is 12.2 Å². The van der Waals surface area contributed by atoms with Gasteiger partial charge in [-0.2, -0.15) is 0 Å². The van der Waals surface area contributed by atoms with Crippen molar-refractivity contribution in [3.63, 3.8) is 0 Å². The van der Waals surface area contributed by atoms with Gasteiger partial charge in [-0.25, -0.2) is 0 Å². The summed E-state index contributed by atoms with van der Waals surface area (Å²) in [4.78, 5) is 13.2. The zero-order valence-corrected chi connectivity index (χ0v) is 15.1. The second-order valence-electron chi connectivity index (χ2n) is 9.60. The van der Waals surface area contributed by atoms with Crippen molar-refractivity contribution in [2.75, 3.05) is 6.61 Å². The van der Waals surface area contributed by atoms with E-state index in [0.717, 1.165) is 19.3 Å². The zero-order valence-electron chi connectivity index (χ0n) is 15.1. The fraction of sp³-hybridized carbons (Fsp3) is 0.850. The van der Waals surface area contributed by atoms with Crippen molar-refractivity contribution in [1.82, 2.24) is 0 Å². The summed E-state index contributed by atoms with van der Waals surface area (Å²) in [5, 5.41) is 43.2. The third-order valence-corrected chi connectivity index (χ3v) is 8.58. The first-order valence-corrected chi connectivity index (χ1v) is 9.53. The number of hydrogen-bond donors (Lipinski definition) is 4. The number of carbonyl (C=O) groups is 1. The number of aliphatic hydroxyl groups excluding tert-OH is 4. The lowest BCUT2D eigenvalue weighted by Crippen LogP contribution is -2.70. The van der Waals surface area contributed by atoms with Crippen LogP contribution in [0.25, 0.3) is 0 Å². The summed E-state index contributed by atoms with van der Waals surface area (Å²) in [5.74, 6) is -1.21. The average Bonchev–Trinajstić information content (AvgIpc) is 2.68. The summed E-state index contributed by atoms with van der Waals surface area (Å²) in [7, 11) is 0. The lowest BCUT2D eigenvalue weighted by Gasteiger charge is -2.66. The summed E-state index contributed by atoms with van der Waals surface area (Å²) in [6.45, 7) is 8.05. The third-order valence-electron chi connectivity index (χ3n) is 8.58. The number of aliphatic hydroxyl groups is 4. The molecule has 0 aromatic rings. The second kappa shape index (κ2) is 5.16. The highest BCUT2D eigenvalue weighted by atomic mass is 16.3. The van der Waals surface area contributed by atoms with Gasteiger partial charge >= 0.3 is 0 Å². The van der Waals surface area contributed by atoms with Crippen LogP contribution in [0, 0.1) is 34.0 Å². The van der Waals surface area contributed by atoms with E-state index in [9.17, 15) is 25.2 Å². The van der Waals surface area contributed by atoms with Crippen LogP contribution in [-0.2, 0) is 4.79 Å². The maximum Gasteiger partial charge on any atom is 0.170 e. The molecule has 25 heavy (non-hydrogen) atoms. The maximum atomic E-state index is 13.2. The molecule has 0 aromatic heterocycles. The molecule has 1 spiro atoms. The van der Waals surface area contributed by atoms with Crippen LogP contribution in [0.1, 0.15) is 46.0 Å². The fourth-order valence-electron chi connectivity index (χ4n) is 7.51. The summed E-state index contributed by atoms with van der Waals surface area (Å²) < 4.78 is 0. The minimum atomic E-state index is -1.33. The lowest BCUT2D eigenvalue weighted by atomic mass is 9.39. The minimum absolute atomic E-state index is 0.00411. The summed E-state index contributed by atoms with van der Waals surface area (Å²) in [6.07, 6.45) is 0.574. The topological polar surface area (TPSA) is 98.0 Å². The summed E-state index contributed by atoms with van der Waals surface area (Å²) in [5.41, 5.74) is -1.72. The third kappa shape index (κ3) is 1.81. The highest BCUT2D eigenvalue weighted by Gasteiger charge is 2.76. The van der Waals surface area contributed by atoms with Crippen LogP contribution >= 0.6 is 0 Å². The van der Waals surface area contributed by atoms with E-state index in [1.54, 1.807) is 0 Å². The summed E-state index contributed by atoms with van der Waals surface area (Å²) >= 11 is 0. The van der Waals surface area contributed by atoms with E-state index in [4.69, 9.17) is 0 Å². The molecule has 2 bridgehead atoms. The molecule has 4 aliphatic carbocycles. The molecule has 5 heteroatoms. The Labute approximate surface area is 148 Å². The Balaban J connectivity index is 1.91. The van der Waals surface area contributed by atoms with Gasteiger partial charge in [0.15, 0.2) is 5.78 Å². The Kier molecular flexibility index (Phi) is 3.64. The molecular formula is C20H30O5. The van der Waals surface area contributed by atoms with Crippen LogP contribution in [0.5, 0.6) is 0 Å². The van der Waals surface area contributed by atoms with E-state index in [1.807, 2.05) is 6.92 Å². The quantitative estimate of drug-likeness (QED) is 0.530. The van der Waals surface area contributed by atoms with Gasteiger partial charge in [0.2, 0.25) is 0 Å². The van der Waals surface area contributed by atoms with Crippen LogP contribution in [0.4, 0.5) is 0 Å². The van der Waals surface area contributed by atoms with Crippen molar-refractivity contribution in [2.24, 2.45) is 34.0 Å². The molecule has 4 aliphatic rings. The standard InChI is InChI=1S/C20H30O5/c1-10-11-7-12(22)15-19(3)6-4-5-18(2,9-21)13(19)8-14(23)20(15,16(10)24)17(11)25/h11-15,17,21-23,25H,1,4-9H2,2-3H3/t11?,12-,13+,14?,15-,17?,18?,19?,20?/m0/s1. The monoisotopic (exact) mass is 350 g/mol. The molecule has 140 valence electrons. The molecule has 4 rings (SSSR count). The van der Waals surface area contributed by atoms with Gasteiger partial charge in [-0.05, 0) is 48.0 Å². The lowest BCUT2D eigenvalue weighted by molar-refractivity contribution is -0.255. The highest BCUT2D eigenvalue weighted by Crippen LogP contribution is 2.70. The van der Waals surface area contributed by atoms with E-state index in [0.29, 0.717) is 18.4 Å². The Morgan fingerprint density at radius 2 is 1.84 bits per heavy atom. The Morgan fingerprint density at radius 1 is 1.16 bits per heavy atom. The second-order valence-corrected chi connectivity index (χ2v) is 9.60. The highest BCUT2D eigenvalue weighted by molar-refractivity contribution is 6.04. The maximum absolute atomic E-state index is 13.2. The molecule has 9 atom stereocenters. The van der Waals surface area contributed by atoms with E-state index < -0.39 is 41.0 Å². The Morgan fingerprint density at radius 3 is 2.48 bits per heavy atom. The van der Waals surface area contributed by atoms with Crippen molar-refractivity contribution in [3.8, 4) is 0 Å². The van der Waals surface area contributed by atoms with Gasteiger partial charge in [-0.1, -0.05) is 26.8 Å². The van der Waals surface area contributed by atoms with Gasteiger partial charge < -0.3 is 20.4 Å². The first-order valence-electron chi connectivity index (χ1n) is 9.53. The largest absolute Gasteiger partial charge is 0.396 e. The molecule has 4 fully saturated rings. The van der Waals surface area contributed by atoms with E-state index in [2.05, 4.69) is 13.5 Å². The smallest absolute Gasteiger partial charge is 0.170 e. The Hall–Kier alpha value is -0.750. The van der Waals surface area contributed by atoms with Gasteiger partial charge in [0.1, 0.15) is 0 Å². The van der Waals surface area contributed by atoms with Crippen molar-refractivity contribution in [3.05, 3.63) is 12.2 Å². The first-order chi connectivity index (χ1) is 11.6. The van der Waals surface area contributed by atoms with Gasteiger partial charge in [0.05, 0.1) is 23.7 Å². The number of fused-ring (bicyclic) bond motifs is 3.